The molecule has 0 fully saturated rings. The molecule has 0 aromatic heterocycles. The average Bonchev–Trinajstić information content (AvgIpc) is 2.68. The SMILES string of the molecule is CCOc1c(Cl)cc(/C=C/C(=O)OCC(=O)c2ccc(F)c(F)c2)cc1OC. The fraction of sp³-hybridized carbons (Fsp3) is 0.200. The molecule has 0 spiro atoms. The van der Waals surface area contributed by atoms with Crippen LogP contribution in [0.3, 0.4) is 0 Å². The van der Waals surface area contributed by atoms with Crippen LogP contribution >= 0.6 is 11.6 Å². The van der Waals surface area contributed by atoms with Crippen LogP contribution in [-0.4, -0.2) is 32.1 Å². The van der Waals surface area contributed by atoms with E-state index in [9.17, 15) is 18.4 Å². The van der Waals surface area contributed by atoms with Crippen LogP contribution in [0.15, 0.2) is 36.4 Å². The number of ether oxygens (including phenoxy) is 3. The third kappa shape index (κ3) is 5.53. The van der Waals surface area contributed by atoms with Crippen LogP contribution in [0, 0.1) is 11.6 Å². The number of carbonyl (C=O) groups excluding carboxylic acids is 2. The van der Waals surface area contributed by atoms with Crippen molar-refractivity contribution in [2.75, 3.05) is 20.3 Å². The lowest BCUT2D eigenvalue weighted by atomic mass is 10.1. The maximum Gasteiger partial charge on any atom is 0.331 e. The number of ketones is 1. The number of methoxy groups -OCH3 is 1. The van der Waals surface area contributed by atoms with Gasteiger partial charge in [-0.05, 0) is 48.9 Å². The lowest BCUT2D eigenvalue weighted by Crippen LogP contribution is -2.13. The smallest absolute Gasteiger partial charge is 0.331 e. The Hall–Kier alpha value is -2.93. The number of carbonyl (C=O) groups is 2. The highest BCUT2D eigenvalue weighted by molar-refractivity contribution is 6.32. The first kappa shape index (κ1) is 21.4. The summed E-state index contributed by atoms with van der Waals surface area (Å²) in [7, 11) is 1.46. The van der Waals surface area contributed by atoms with Crippen LogP contribution in [0.1, 0.15) is 22.8 Å². The molecule has 0 aliphatic heterocycles. The Labute approximate surface area is 165 Å². The minimum absolute atomic E-state index is 0.0984. The largest absolute Gasteiger partial charge is 0.493 e. The average molecular weight is 411 g/mol. The van der Waals surface area contributed by atoms with Crippen molar-refractivity contribution in [1.82, 2.24) is 0 Å². The molecular formula is C20H17ClF2O5. The van der Waals surface area contributed by atoms with Crippen LogP contribution < -0.4 is 9.47 Å². The molecule has 0 N–H and O–H groups in total. The van der Waals surface area contributed by atoms with E-state index in [0.717, 1.165) is 24.3 Å². The third-order valence-electron chi connectivity index (χ3n) is 3.54. The van der Waals surface area contributed by atoms with Crippen molar-refractivity contribution in [1.29, 1.82) is 0 Å². The van der Waals surface area contributed by atoms with Gasteiger partial charge in [0.2, 0.25) is 0 Å². The van der Waals surface area contributed by atoms with E-state index in [1.807, 2.05) is 0 Å². The Morgan fingerprint density at radius 1 is 1.14 bits per heavy atom. The van der Waals surface area contributed by atoms with Crippen molar-refractivity contribution in [3.8, 4) is 11.5 Å². The van der Waals surface area contributed by atoms with Crippen molar-refractivity contribution in [3.63, 3.8) is 0 Å². The summed E-state index contributed by atoms with van der Waals surface area (Å²) in [6.45, 7) is 1.60. The zero-order chi connectivity index (χ0) is 20.7. The number of hydrogen-bond acceptors (Lipinski definition) is 5. The Kier molecular flexibility index (Phi) is 7.52. The molecule has 0 aliphatic carbocycles. The van der Waals surface area contributed by atoms with E-state index in [0.29, 0.717) is 28.7 Å². The van der Waals surface area contributed by atoms with E-state index in [1.165, 1.54) is 13.2 Å². The first-order chi connectivity index (χ1) is 13.3. The molecule has 148 valence electrons. The Balaban J connectivity index is 2.00. The molecule has 0 amide bonds. The molecule has 0 saturated carbocycles. The predicted octanol–water partition coefficient (Wildman–Crippen LogP) is 4.46. The van der Waals surface area contributed by atoms with E-state index in [2.05, 4.69) is 0 Å². The summed E-state index contributed by atoms with van der Waals surface area (Å²) in [5.41, 5.74) is 0.452. The van der Waals surface area contributed by atoms with E-state index in [4.69, 9.17) is 25.8 Å². The van der Waals surface area contributed by atoms with E-state index in [-0.39, 0.29) is 5.56 Å². The summed E-state index contributed by atoms with van der Waals surface area (Å²) in [6.07, 6.45) is 2.53. The van der Waals surface area contributed by atoms with Crippen molar-refractivity contribution < 1.29 is 32.6 Å². The quantitative estimate of drug-likeness (QED) is 0.365. The van der Waals surface area contributed by atoms with Crippen molar-refractivity contribution in [2.24, 2.45) is 0 Å². The van der Waals surface area contributed by atoms with Gasteiger partial charge in [-0.1, -0.05) is 11.6 Å². The van der Waals surface area contributed by atoms with Crippen LogP contribution in [0.2, 0.25) is 5.02 Å². The molecule has 8 heteroatoms. The zero-order valence-electron chi connectivity index (χ0n) is 15.1. The Morgan fingerprint density at radius 3 is 2.54 bits per heavy atom. The summed E-state index contributed by atoms with van der Waals surface area (Å²) in [4.78, 5) is 23.7. The van der Waals surface area contributed by atoms with Gasteiger partial charge in [-0.2, -0.15) is 0 Å². The highest BCUT2D eigenvalue weighted by Gasteiger charge is 2.13. The van der Waals surface area contributed by atoms with Gasteiger partial charge in [0, 0.05) is 11.6 Å². The van der Waals surface area contributed by atoms with Gasteiger partial charge in [0.05, 0.1) is 18.7 Å². The second-order valence-electron chi connectivity index (χ2n) is 5.46. The summed E-state index contributed by atoms with van der Waals surface area (Å²) < 4.78 is 41.5. The minimum atomic E-state index is -1.15. The second-order valence-corrected chi connectivity index (χ2v) is 5.87. The standard InChI is InChI=1S/C20H17ClF2O5/c1-3-27-20-14(21)8-12(9-18(20)26-2)4-7-19(25)28-11-17(24)13-5-6-15(22)16(23)10-13/h4-10H,3,11H2,1-2H3/b7-4+. The molecular weight excluding hydrogens is 394 g/mol. The molecule has 0 aliphatic rings. The number of rotatable bonds is 8. The fourth-order valence-corrected chi connectivity index (χ4v) is 2.50. The summed E-state index contributed by atoms with van der Waals surface area (Å²) in [5, 5.41) is 0.308. The van der Waals surface area contributed by atoms with Gasteiger partial charge in [-0.15, -0.1) is 0 Å². The fourth-order valence-electron chi connectivity index (χ4n) is 2.22. The molecule has 0 atom stereocenters. The zero-order valence-corrected chi connectivity index (χ0v) is 15.9. The molecule has 0 bridgehead atoms. The van der Waals surface area contributed by atoms with Crippen molar-refractivity contribution >= 4 is 29.4 Å². The van der Waals surface area contributed by atoms with Gasteiger partial charge in [0.15, 0.2) is 35.5 Å². The molecule has 0 unspecified atom stereocenters. The summed E-state index contributed by atoms with van der Waals surface area (Å²) in [6, 6.07) is 5.87. The van der Waals surface area contributed by atoms with Crippen LogP contribution in [0.5, 0.6) is 11.5 Å². The number of halogens is 3. The summed E-state index contributed by atoms with van der Waals surface area (Å²) in [5.74, 6) is -2.88. The van der Waals surface area contributed by atoms with E-state index in [1.54, 1.807) is 19.1 Å². The topological polar surface area (TPSA) is 61.8 Å². The minimum Gasteiger partial charge on any atom is -0.493 e. The Bertz CT molecular complexity index is 912. The molecule has 0 radical (unpaired) electrons. The molecule has 2 aromatic carbocycles. The number of Topliss-reactive ketones (excluding diaryl/α,β-unsaturated/α-hetero) is 1. The lowest BCUT2D eigenvalue weighted by molar-refractivity contribution is -0.136. The van der Waals surface area contributed by atoms with Gasteiger partial charge in [0.1, 0.15) is 0 Å². The van der Waals surface area contributed by atoms with E-state index < -0.39 is 30.0 Å². The Morgan fingerprint density at radius 2 is 1.89 bits per heavy atom. The highest BCUT2D eigenvalue weighted by Crippen LogP contribution is 2.36. The van der Waals surface area contributed by atoms with E-state index >= 15 is 0 Å². The normalized spacial score (nSPS) is 10.8. The first-order valence-corrected chi connectivity index (χ1v) is 8.57. The second kappa shape index (κ2) is 9.85. The molecule has 28 heavy (non-hydrogen) atoms. The van der Waals surface area contributed by atoms with Crippen molar-refractivity contribution in [3.05, 3.63) is 64.2 Å². The van der Waals surface area contributed by atoms with Crippen LogP contribution in [-0.2, 0) is 9.53 Å². The molecule has 2 rings (SSSR count). The summed E-state index contributed by atoms with van der Waals surface area (Å²) >= 11 is 6.14. The molecule has 2 aromatic rings. The number of esters is 1. The van der Waals surface area contributed by atoms with Crippen LogP contribution in [0.4, 0.5) is 8.78 Å². The van der Waals surface area contributed by atoms with Gasteiger partial charge in [0.25, 0.3) is 0 Å². The molecule has 0 heterocycles. The third-order valence-corrected chi connectivity index (χ3v) is 3.82. The predicted molar refractivity (Wildman–Crippen MR) is 99.9 cm³/mol. The van der Waals surface area contributed by atoms with Gasteiger partial charge in [-0.25, -0.2) is 13.6 Å². The first-order valence-electron chi connectivity index (χ1n) is 8.19. The molecule has 0 saturated heterocycles. The monoisotopic (exact) mass is 410 g/mol. The maximum atomic E-state index is 13.1. The van der Waals surface area contributed by atoms with Crippen LogP contribution in [0.25, 0.3) is 6.08 Å². The number of benzene rings is 2. The van der Waals surface area contributed by atoms with Crippen molar-refractivity contribution in [2.45, 2.75) is 6.92 Å². The van der Waals surface area contributed by atoms with Gasteiger partial charge in [-0.3, -0.25) is 4.79 Å². The van der Waals surface area contributed by atoms with Gasteiger partial charge >= 0.3 is 5.97 Å². The van der Waals surface area contributed by atoms with Gasteiger partial charge < -0.3 is 14.2 Å². The number of hydrogen-bond donors (Lipinski definition) is 0. The lowest BCUT2D eigenvalue weighted by Gasteiger charge is -2.11. The maximum absolute atomic E-state index is 13.1. The highest BCUT2D eigenvalue weighted by atomic mass is 35.5. The molecule has 5 nitrogen and oxygen atoms in total.